The number of allylic oxidation sites excluding steroid dienone is 2. The normalized spacial score (nSPS) is 13.4. The van der Waals surface area contributed by atoms with E-state index in [-0.39, 0.29) is 0 Å². The zero-order valence-electron chi connectivity index (χ0n) is 6.22. The van der Waals surface area contributed by atoms with Crippen molar-refractivity contribution < 1.29 is 4.79 Å². The van der Waals surface area contributed by atoms with Crippen molar-refractivity contribution in [3.05, 3.63) is 23.4 Å². The lowest BCUT2D eigenvalue weighted by Crippen LogP contribution is -2.15. The van der Waals surface area contributed by atoms with Gasteiger partial charge in [-0.05, 0) is 19.9 Å². The number of primary amides is 1. The Kier molecular flexibility index (Phi) is 3.25. The minimum absolute atomic E-state index is 0.401. The summed E-state index contributed by atoms with van der Waals surface area (Å²) in [5.41, 5.74) is 11.2. The van der Waals surface area contributed by atoms with Gasteiger partial charge in [-0.1, -0.05) is 6.08 Å². The zero-order valence-corrected chi connectivity index (χ0v) is 6.22. The summed E-state index contributed by atoms with van der Waals surface area (Å²) in [7, 11) is 0. The number of carbonyl (C=O) groups excluding carboxylic acids is 1. The van der Waals surface area contributed by atoms with Crippen LogP contribution in [0.4, 0.5) is 0 Å². The van der Waals surface area contributed by atoms with Crippen LogP contribution in [-0.2, 0) is 4.79 Å². The molecule has 0 radical (unpaired) electrons. The first-order chi connectivity index (χ1) is 4.59. The Balaban J connectivity index is 4.50. The van der Waals surface area contributed by atoms with Crippen LogP contribution in [0.2, 0.25) is 0 Å². The molecule has 3 heteroatoms. The Hall–Kier alpha value is -1.25. The van der Waals surface area contributed by atoms with Gasteiger partial charge in [0.25, 0.3) is 0 Å². The summed E-state index contributed by atoms with van der Waals surface area (Å²) in [6.07, 6.45) is 3.39. The minimum Gasteiger partial charge on any atom is -0.398 e. The molecule has 0 aliphatic heterocycles. The van der Waals surface area contributed by atoms with Gasteiger partial charge in [-0.2, -0.15) is 0 Å². The third kappa shape index (κ3) is 2.35. The number of rotatable bonds is 2. The van der Waals surface area contributed by atoms with Crippen molar-refractivity contribution in [3.8, 4) is 0 Å². The zero-order chi connectivity index (χ0) is 8.15. The molecule has 56 valence electrons. The fourth-order valence-corrected chi connectivity index (χ4v) is 0.447. The predicted molar refractivity (Wildman–Crippen MR) is 40.9 cm³/mol. The molecule has 0 fully saturated rings. The highest BCUT2D eigenvalue weighted by Crippen LogP contribution is 1.97. The molecule has 0 aromatic heterocycles. The quantitative estimate of drug-likeness (QED) is 0.427. The molecule has 0 saturated carbocycles. The van der Waals surface area contributed by atoms with Crippen LogP contribution < -0.4 is 11.5 Å². The molecular formula is C7H12N2O. The molecule has 10 heavy (non-hydrogen) atoms. The molecule has 3 nitrogen and oxygen atoms in total. The van der Waals surface area contributed by atoms with E-state index in [2.05, 4.69) is 0 Å². The molecule has 0 bridgehead atoms. The average molecular weight is 140 g/mol. The molecule has 0 atom stereocenters. The second-order valence-corrected chi connectivity index (χ2v) is 1.94. The average Bonchev–Trinajstić information content (AvgIpc) is 1.87. The van der Waals surface area contributed by atoms with Crippen molar-refractivity contribution in [2.24, 2.45) is 11.5 Å². The first kappa shape index (κ1) is 8.75. The maximum atomic E-state index is 10.5. The van der Waals surface area contributed by atoms with Crippen molar-refractivity contribution in [1.82, 2.24) is 0 Å². The summed E-state index contributed by atoms with van der Waals surface area (Å²) < 4.78 is 0. The second kappa shape index (κ2) is 3.71. The van der Waals surface area contributed by atoms with E-state index in [0.29, 0.717) is 11.3 Å². The largest absolute Gasteiger partial charge is 0.398 e. The van der Waals surface area contributed by atoms with Gasteiger partial charge in [0.15, 0.2) is 0 Å². The van der Waals surface area contributed by atoms with Crippen molar-refractivity contribution in [1.29, 1.82) is 0 Å². The van der Waals surface area contributed by atoms with Gasteiger partial charge in [-0.25, -0.2) is 0 Å². The summed E-state index contributed by atoms with van der Waals surface area (Å²) in [5.74, 6) is -0.476. The van der Waals surface area contributed by atoms with Gasteiger partial charge in [-0.15, -0.1) is 0 Å². The Morgan fingerprint density at radius 3 is 2.20 bits per heavy atom. The maximum absolute atomic E-state index is 10.5. The Morgan fingerprint density at radius 1 is 1.40 bits per heavy atom. The van der Waals surface area contributed by atoms with Gasteiger partial charge in [0.05, 0.1) is 0 Å². The van der Waals surface area contributed by atoms with Crippen molar-refractivity contribution in [2.45, 2.75) is 13.8 Å². The maximum Gasteiger partial charge on any atom is 0.246 e. The molecule has 0 aromatic rings. The van der Waals surface area contributed by atoms with Gasteiger partial charge in [-0.3, -0.25) is 4.79 Å². The molecule has 0 unspecified atom stereocenters. The number of carbonyl (C=O) groups is 1. The van der Waals surface area contributed by atoms with Gasteiger partial charge < -0.3 is 11.5 Å². The van der Waals surface area contributed by atoms with Crippen LogP contribution in [0.1, 0.15) is 13.8 Å². The molecule has 0 aliphatic rings. The molecule has 0 heterocycles. The van der Waals surface area contributed by atoms with Crippen LogP contribution >= 0.6 is 0 Å². The van der Waals surface area contributed by atoms with Crippen molar-refractivity contribution in [2.75, 3.05) is 0 Å². The highest BCUT2D eigenvalue weighted by Gasteiger charge is 1.99. The Labute approximate surface area is 60.4 Å². The first-order valence-corrected chi connectivity index (χ1v) is 2.98. The van der Waals surface area contributed by atoms with Crippen LogP contribution in [0.15, 0.2) is 23.4 Å². The lowest BCUT2D eigenvalue weighted by Gasteiger charge is -1.96. The molecule has 0 saturated heterocycles. The van der Waals surface area contributed by atoms with E-state index in [0.717, 1.165) is 0 Å². The van der Waals surface area contributed by atoms with Crippen molar-refractivity contribution in [3.63, 3.8) is 0 Å². The van der Waals surface area contributed by atoms with Gasteiger partial charge >= 0.3 is 0 Å². The predicted octanol–water partition coefficient (Wildman–Crippen LogP) is 0.281. The third-order valence-corrected chi connectivity index (χ3v) is 1.15. The Morgan fingerprint density at radius 2 is 1.90 bits per heavy atom. The van der Waals surface area contributed by atoms with E-state index in [9.17, 15) is 4.79 Å². The van der Waals surface area contributed by atoms with Crippen LogP contribution in [0.5, 0.6) is 0 Å². The van der Waals surface area contributed by atoms with Gasteiger partial charge in [0, 0.05) is 11.3 Å². The van der Waals surface area contributed by atoms with Crippen LogP contribution in [0.25, 0.3) is 0 Å². The standard InChI is InChI=1S/C7H12N2O/c1-3-4-6(8)5(2)7(9)10/h3-4H,8H2,1-2H3,(H2,9,10)/b4-3-,6-5-. The highest BCUT2D eigenvalue weighted by molar-refractivity contribution is 5.92. The summed E-state index contributed by atoms with van der Waals surface area (Å²) in [6, 6.07) is 0. The number of hydrogen-bond acceptors (Lipinski definition) is 2. The molecule has 0 aliphatic carbocycles. The van der Waals surface area contributed by atoms with E-state index in [1.54, 1.807) is 19.1 Å². The highest BCUT2D eigenvalue weighted by atomic mass is 16.1. The topological polar surface area (TPSA) is 69.1 Å². The smallest absolute Gasteiger partial charge is 0.246 e. The molecule has 1 amide bonds. The van der Waals surface area contributed by atoms with Crippen LogP contribution in [-0.4, -0.2) is 5.91 Å². The van der Waals surface area contributed by atoms with E-state index < -0.39 is 5.91 Å². The van der Waals surface area contributed by atoms with Crippen LogP contribution in [0.3, 0.4) is 0 Å². The van der Waals surface area contributed by atoms with Crippen molar-refractivity contribution >= 4 is 5.91 Å². The second-order valence-electron chi connectivity index (χ2n) is 1.94. The summed E-state index contributed by atoms with van der Waals surface area (Å²) in [6.45, 7) is 3.42. The first-order valence-electron chi connectivity index (χ1n) is 2.98. The monoisotopic (exact) mass is 140 g/mol. The van der Waals surface area contributed by atoms with E-state index in [4.69, 9.17) is 11.5 Å². The molecule has 0 rings (SSSR count). The summed E-state index contributed by atoms with van der Waals surface area (Å²) >= 11 is 0. The fourth-order valence-electron chi connectivity index (χ4n) is 0.447. The van der Waals surface area contributed by atoms with Gasteiger partial charge in [0.2, 0.25) is 5.91 Å². The third-order valence-electron chi connectivity index (χ3n) is 1.15. The van der Waals surface area contributed by atoms with Gasteiger partial charge in [0.1, 0.15) is 0 Å². The minimum atomic E-state index is -0.476. The van der Waals surface area contributed by atoms with E-state index in [1.807, 2.05) is 6.92 Å². The van der Waals surface area contributed by atoms with E-state index in [1.165, 1.54) is 0 Å². The SMILES string of the molecule is C/C=C\C(N)=C(/C)C(N)=O. The molecule has 0 aromatic carbocycles. The lowest BCUT2D eigenvalue weighted by molar-refractivity contribution is -0.114. The number of amides is 1. The van der Waals surface area contributed by atoms with Crippen LogP contribution in [0, 0.1) is 0 Å². The fraction of sp³-hybridized carbons (Fsp3) is 0.286. The molecule has 4 N–H and O–H groups in total. The molecular weight excluding hydrogens is 128 g/mol. The van der Waals surface area contributed by atoms with E-state index >= 15 is 0 Å². The number of hydrogen-bond donors (Lipinski definition) is 2. The summed E-state index contributed by atoms with van der Waals surface area (Å²) in [5, 5.41) is 0. The Bertz CT molecular complexity index is 192. The summed E-state index contributed by atoms with van der Waals surface area (Å²) in [4.78, 5) is 10.5. The number of nitrogens with two attached hydrogens (primary N) is 2. The molecule has 0 spiro atoms. The lowest BCUT2D eigenvalue weighted by atomic mass is 10.2.